The van der Waals surface area contributed by atoms with E-state index in [2.05, 4.69) is 49.2 Å². The van der Waals surface area contributed by atoms with E-state index in [9.17, 15) is 4.79 Å². The summed E-state index contributed by atoms with van der Waals surface area (Å²) in [5, 5.41) is 4.37. The molecular weight excluding hydrogens is 482 g/mol. The monoisotopic (exact) mass is 515 g/mol. The van der Waals surface area contributed by atoms with Crippen LogP contribution in [-0.4, -0.2) is 33.9 Å². The van der Waals surface area contributed by atoms with Crippen molar-refractivity contribution in [3.63, 3.8) is 0 Å². The molecule has 5 rings (SSSR count). The minimum Gasteiger partial charge on any atom is -0.366 e. The normalized spacial score (nSPS) is 11.2. The Morgan fingerprint density at radius 2 is 1.59 bits per heavy atom. The molecular formula is C33H33N5O. The maximum Gasteiger partial charge on any atom is 0.249 e. The van der Waals surface area contributed by atoms with Crippen molar-refractivity contribution in [3.05, 3.63) is 108 Å². The number of aryl methyl sites for hydroxylation is 1. The van der Waals surface area contributed by atoms with E-state index in [1.165, 1.54) is 5.56 Å². The first-order valence-corrected chi connectivity index (χ1v) is 13.3. The van der Waals surface area contributed by atoms with Crippen molar-refractivity contribution in [3.8, 4) is 22.4 Å². The number of nitrogens with one attached hydrogen (secondary N) is 1. The van der Waals surface area contributed by atoms with E-state index in [4.69, 9.17) is 15.7 Å². The molecule has 0 bridgehead atoms. The Labute approximate surface area is 229 Å². The third-order valence-electron chi connectivity index (χ3n) is 7.08. The highest BCUT2D eigenvalue weighted by molar-refractivity contribution is 6.01. The van der Waals surface area contributed by atoms with Crippen LogP contribution in [0.25, 0.3) is 33.3 Å². The molecule has 0 unspecified atom stereocenters. The van der Waals surface area contributed by atoms with Gasteiger partial charge in [-0.2, -0.15) is 0 Å². The van der Waals surface area contributed by atoms with Crippen LogP contribution in [0, 0.1) is 6.92 Å². The molecule has 0 aliphatic heterocycles. The summed E-state index contributed by atoms with van der Waals surface area (Å²) >= 11 is 0. The summed E-state index contributed by atoms with van der Waals surface area (Å²) < 4.78 is 0. The van der Waals surface area contributed by atoms with Crippen LogP contribution in [0.15, 0.2) is 91.0 Å². The largest absolute Gasteiger partial charge is 0.366 e. The fraction of sp³-hybridized carbons (Fsp3) is 0.182. The van der Waals surface area contributed by atoms with Crippen LogP contribution in [0.2, 0.25) is 0 Å². The summed E-state index contributed by atoms with van der Waals surface area (Å²) in [6.45, 7) is 9.18. The fourth-order valence-electron chi connectivity index (χ4n) is 4.90. The van der Waals surface area contributed by atoms with Crippen molar-refractivity contribution < 1.29 is 4.79 Å². The van der Waals surface area contributed by atoms with Gasteiger partial charge in [-0.25, -0.2) is 9.97 Å². The molecule has 4 aromatic carbocycles. The van der Waals surface area contributed by atoms with Gasteiger partial charge in [-0.1, -0.05) is 74.5 Å². The second kappa shape index (κ2) is 11.5. The molecule has 0 aliphatic carbocycles. The number of para-hydroxylation sites is 1. The van der Waals surface area contributed by atoms with Gasteiger partial charge in [0.1, 0.15) is 0 Å². The van der Waals surface area contributed by atoms with Gasteiger partial charge in [0.15, 0.2) is 0 Å². The summed E-state index contributed by atoms with van der Waals surface area (Å²) in [5.74, 6) is 0.0238. The first-order valence-electron chi connectivity index (χ1n) is 13.3. The summed E-state index contributed by atoms with van der Waals surface area (Å²) in [7, 11) is 0. The van der Waals surface area contributed by atoms with E-state index in [0.29, 0.717) is 11.5 Å². The SMILES string of the molecule is CCN(CC)Cc1ccc(C)c(-c2cc(Nc3nc(-c4ccccc4)c4ccccc4n3)ccc2C(N)=O)c1. The van der Waals surface area contributed by atoms with E-state index in [-0.39, 0.29) is 0 Å². The van der Waals surface area contributed by atoms with Gasteiger partial charge in [0.2, 0.25) is 11.9 Å². The molecule has 0 saturated heterocycles. The van der Waals surface area contributed by atoms with Crippen LogP contribution in [0.1, 0.15) is 35.3 Å². The van der Waals surface area contributed by atoms with Crippen molar-refractivity contribution in [2.75, 3.05) is 18.4 Å². The van der Waals surface area contributed by atoms with Crippen molar-refractivity contribution in [2.24, 2.45) is 5.73 Å². The molecule has 0 aliphatic rings. The Hall–Kier alpha value is -4.55. The fourth-order valence-corrected chi connectivity index (χ4v) is 4.90. The molecule has 5 aromatic rings. The molecule has 1 amide bonds. The quantitative estimate of drug-likeness (QED) is 0.222. The highest BCUT2D eigenvalue weighted by atomic mass is 16.1. The van der Waals surface area contributed by atoms with Gasteiger partial charge in [-0.3, -0.25) is 9.69 Å². The van der Waals surface area contributed by atoms with Gasteiger partial charge >= 0.3 is 0 Å². The molecule has 1 heterocycles. The average Bonchev–Trinajstić information content (AvgIpc) is 2.96. The average molecular weight is 516 g/mol. The number of nitrogens with two attached hydrogens (primary N) is 1. The lowest BCUT2D eigenvalue weighted by molar-refractivity contribution is 0.100. The lowest BCUT2D eigenvalue weighted by atomic mass is 9.93. The topological polar surface area (TPSA) is 84.1 Å². The molecule has 196 valence electrons. The number of hydrogen-bond acceptors (Lipinski definition) is 5. The molecule has 0 spiro atoms. The van der Waals surface area contributed by atoms with Crippen molar-refractivity contribution in [2.45, 2.75) is 27.3 Å². The number of carbonyl (C=O) groups is 1. The minimum atomic E-state index is -0.460. The standard InChI is InChI=1S/C33H33N5O/c1-4-38(5-2)21-23-16-15-22(3)28(19-23)29-20-25(17-18-26(29)32(34)39)35-33-36-30-14-10-9-13-27(30)31(37-33)24-11-7-6-8-12-24/h6-20H,4-5,21H2,1-3H3,(H2,34,39)(H,35,36,37). The lowest BCUT2D eigenvalue weighted by Crippen LogP contribution is -2.22. The smallest absolute Gasteiger partial charge is 0.249 e. The van der Waals surface area contributed by atoms with Gasteiger partial charge < -0.3 is 11.1 Å². The Bertz CT molecular complexity index is 1630. The van der Waals surface area contributed by atoms with Gasteiger partial charge in [-0.15, -0.1) is 0 Å². The maximum absolute atomic E-state index is 12.4. The number of carbonyl (C=O) groups excluding carboxylic acids is 1. The zero-order chi connectivity index (χ0) is 27.4. The number of hydrogen-bond donors (Lipinski definition) is 2. The molecule has 0 radical (unpaired) electrons. The van der Waals surface area contributed by atoms with E-state index in [1.807, 2.05) is 66.7 Å². The Morgan fingerprint density at radius 3 is 2.33 bits per heavy atom. The Balaban J connectivity index is 1.57. The number of benzene rings is 4. The summed E-state index contributed by atoms with van der Waals surface area (Å²) in [5.41, 5.74) is 13.8. The van der Waals surface area contributed by atoms with Crippen LogP contribution < -0.4 is 11.1 Å². The number of fused-ring (bicyclic) bond motifs is 1. The first kappa shape index (κ1) is 26.1. The third kappa shape index (κ3) is 5.66. The lowest BCUT2D eigenvalue weighted by Gasteiger charge is -2.20. The number of nitrogens with zero attached hydrogens (tertiary/aromatic N) is 3. The van der Waals surface area contributed by atoms with E-state index in [0.717, 1.165) is 64.2 Å². The highest BCUT2D eigenvalue weighted by Gasteiger charge is 2.16. The molecule has 1 aromatic heterocycles. The predicted octanol–water partition coefficient (Wildman–Crippen LogP) is 6.96. The molecule has 39 heavy (non-hydrogen) atoms. The van der Waals surface area contributed by atoms with Crippen molar-refractivity contribution in [1.29, 1.82) is 0 Å². The van der Waals surface area contributed by atoms with Crippen LogP contribution in [0.4, 0.5) is 11.6 Å². The number of rotatable bonds is 9. The minimum absolute atomic E-state index is 0.460. The van der Waals surface area contributed by atoms with E-state index >= 15 is 0 Å². The molecule has 0 saturated carbocycles. The van der Waals surface area contributed by atoms with Crippen LogP contribution in [0.3, 0.4) is 0 Å². The van der Waals surface area contributed by atoms with Crippen molar-refractivity contribution >= 4 is 28.4 Å². The number of amides is 1. The zero-order valence-corrected chi connectivity index (χ0v) is 22.6. The summed E-state index contributed by atoms with van der Waals surface area (Å²) in [6.07, 6.45) is 0. The zero-order valence-electron chi connectivity index (χ0n) is 22.6. The third-order valence-corrected chi connectivity index (χ3v) is 7.08. The van der Waals surface area contributed by atoms with Crippen molar-refractivity contribution in [1.82, 2.24) is 14.9 Å². The number of anilines is 2. The van der Waals surface area contributed by atoms with Gasteiger partial charge in [0, 0.05) is 28.7 Å². The predicted molar refractivity (Wildman–Crippen MR) is 160 cm³/mol. The van der Waals surface area contributed by atoms with Gasteiger partial charge in [0.25, 0.3) is 0 Å². The van der Waals surface area contributed by atoms with Gasteiger partial charge in [-0.05, 0) is 72.6 Å². The molecule has 0 fully saturated rings. The second-order valence-corrected chi connectivity index (χ2v) is 9.64. The Morgan fingerprint density at radius 1 is 0.846 bits per heavy atom. The first-order chi connectivity index (χ1) is 19.0. The van der Waals surface area contributed by atoms with E-state index in [1.54, 1.807) is 6.07 Å². The molecule has 3 N–H and O–H groups in total. The Kier molecular flexibility index (Phi) is 7.66. The van der Waals surface area contributed by atoms with E-state index < -0.39 is 5.91 Å². The molecule has 6 heteroatoms. The van der Waals surface area contributed by atoms with Crippen LogP contribution in [-0.2, 0) is 6.54 Å². The summed E-state index contributed by atoms with van der Waals surface area (Å²) in [4.78, 5) is 24.5. The highest BCUT2D eigenvalue weighted by Crippen LogP contribution is 2.33. The number of aromatic nitrogens is 2. The van der Waals surface area contributed by atoms with Crippen LogP contribution >= 0.6 is 0 Å². The van der Waals surface area contributed by atoms with Crippen LogP contribution in [0.5, 0.6) is 0 Å². The molecule has 0 atom stereocenters. The maximum atomic E-state index is 12.4. The molecule has 6 nitrogen and oxygen atoms in total. The second-order valence-electron chi connectivity index (χ2n) is 9.64. The summed E-state index contributed by atoms with van der Waals surface area (Å²) in [6, 6.07) is 30.1. The van der Waals surface area contributed by atoms with Gasteiger partial charge in [0.05, 0.1) is 11.2 Å². The number of primary amides is 1.